The summed E-state index contributed by atoms with van der Waals surface area (Å²) in [4.78, 5) is 7.43. The maximum absolute atomic E-state index is 2.71. The van der Waals surface area contributed by atoms with Crippen LogP contribution in [0.25, 0.3) is 0 Å². The molecule has 1 nitrogen and oxygen atoms in total. The second-order valence-corrected chi connectivity index (χ2v) is 21.5. The molecule has 0 N–H and O–H groups in total. The molecule has 0 amide bonds. The van der Waals surface area contributed by atoms with Gasteiger partial charge in [-0.2, -0.15) is 0 Å². The zero-order chi connectivity index (χ0) is 10.8. The summed E-state index contributed by atoms with van der Waals surface area (Å²) < 4.78 is 2.71. The van der Waals surface area contributed by atoms with E-state index in [1.54, 1.807) is 0 Å². The molecule has 14 heavy (non-hydrogen) atoms. The summed E-state index contributed by atoms with van der Waals surface area (Å²) in [6, 6.07) is 10.8. The van der Waals surface area contributed by atoms with E-state index >= 15 is 0 Å². The summed E-state index contributed by atoms with van der Waals surface area (Å²) >= 11 is -1.96. The van der Waals surface area contributed by atoms with Crippen LogP contribution in [0, 0.1) is 0 Å². The van der Waals surface area contributed by atoms with Crippen LogP contribution in [0.15, 0.2) is 30.3 Å². The van der Waals surface area contributed by atoms with Crippen LogP contribution < -0.4 is 2.89 Å². The van der Waals surface area contributed by atoms with Crippen LogP contribution >= 0.6 is 8.07 Å². The summed E-state index contributed by atoms with van der Waals surface area (Å²) in [7, 11) is -0.00157. The number of rotatable bonds is 3. The van der Waals surface area contributed by atoms with Gasteiger partial charge in [0.15, 0.2) is 0 Å². The van der Waals surface area contributed by atoms with Crippen LogP contribution in [-0.4, -0.2) is 32.0 Å². The Morgan fingerprint density at radius 3 is 1.86 bits per heavy atom. The Morgan fingerprint density at radius 2 is 1.50 bits per heavy atom. The quantitative estimate of drug-likeness (QED) is 0.602. The molecule has 1 rings (SSSR count). The Bertz CT molecular complexity index is 279. The average molecular weight is 316 g/mol. The monoisotopic (exact) mass is 317 g/mol. The van der Waals surface area contributed by atoms with Gasteiger partial charge in [-0.25, -0.2) is 0 Å². The first-order valence-corrected chi connectivity index (χ1v) is 17.0. The van der Waals surface area contributed by atoms with Crippen LogP contribution in [0.5, 0.6) is 0 Å². The summed E-state index contributed by atoms with van der Waals surface area (Å²) in [6.07, 6.45) is 0. The van der Waals surface area contributed by atoms with Gasteiger partial charge in [-0.3, -0.25) is 0 Å². The van der Waals surface area contributed by atoms with Crippen LogP contribution in [-0.2, 0) is 0 Å². The van der Waals surface area contributed by atoms with Gasteiger partial charge in [0.25, 0.3) is 0 Å². The van der Waals surface area contributed by atoms with Crippen molar-refractivity contribution in [3.63, 3.8) is 0 Å². The predicted molar refractivity (Wildman–Crippen MR) is 71.0 cm³/mol. The summed E-state index contributed by atoms with van der Waals surface area (Å²) in [5, 5.41) is 0. The van der Waals surface area contributed by atoms with Crippen molar-refractivity contribution in [1.82, 2.24) is 0 Å². The maximum atomic E-state index is 2.71. The third-order valence-electron chi connectivity index (χ3n) is 2.04. The minimum absolute atomic E-state index is 0.00157. The van der Waals surface area contributed by atoms with Gasteiger partial charge < -0.3 is 0 Å². The number of benzene rings is 1. The molecule has 0 heterocycles. The van der Waals surface area contributed by atoms with Crippen molar-refractivity contribution in [3.8, 4) is 0 Å². The van der Waals surface area contributed by atoms with Crippen molar-refractivity contribution in [2.75, 3.05) is 16.2 Å². The first-order valence-electron chi connectivity index (χ1n) is 4.95. The molecule has 0 spiro atoms. The van der Waals surface area contributed by atoms with Gasteiger partial charge in [-0.15, -0.1) is 0 Å². The molecule has 0 saturated carbocycles. The van der Waals surface area contributed by atoms with E-state index in [1.165, 1.54) is 5.69 Å². The molecule has 0 bridgehead atoms. The number of anilines is 1. The van der Waals surface area contributed by atoms with E-state index in [-0.39, 0.29) is 8.07 Å². The van der Waals surface area contributed by atoms with Crippen molar-refractivity contribution in [3.05, 3.63) is 30.3 Å². The molecule has 0 fully saturated rings. The molecule has 3 heteroatoms. The third kappa shape index (κ3) is 3.13. The van der Waals surface area contributed by atoms with Crippen molar-refractivity contribution in [2.24, 2.45) is 0 Å². The average Bonchev–Trinajstić information content (AvgIpc) is 2.02. The zero-order valence-electron chi connectivity index (χ0n) is 9.78. The zero-order valence-corrected chi connectivity index (χ0v) is 13.5. The standard InChI is InChI=1S/C8H11NP.3CH3.Sn/c1-10(2)9-8-6-4-3-5-7-8;;;;/h3-7H,1-2H3;3*1H3;/q-1;;;;+1. The molecular formula is C11H20NPSn. The van der Waals surface area contributed by atoms with Crippen LogP contribution in [0.4, 0.5) is 5.69 Å². The molecule has 0 unspecified atom stereocenters. The van der Waals surface area contributed by atoms with Crippen LogP contribution in [0.1, 0.15) is 0 Å². The minimum atomic E-state index is -1.96. The molecule has 78 valence electrons. The van der Waals surface area contributed by atoms with E-state index < -0.39 is 18.7 Å². The topological polar surface area (TPSA) is 3.24 Å². The fraction of sp³-hybridized carbons (Fsp3) is 0.455. The van der Waals surface area contributed by atoms with Gasteiger partial charge in [0, 0.05) is 0 Å². The fourth-order valence-corrected chi connectivity index (χ4v) is 16.5. The molecule has 0 aromatic heterocycles. The van der Waals surface area contributed by atoms with E-state index in [2.05, 4.69) is 61.4 Å². The Hall–Kier alpha value is 0.249. The fourth-order valence-electron chi connectivity index (χ4n) is 1.79. The normalized spacial score (nSPS) is 11.9. The van der Waals surface area contributed by atoms with Crippen molar-refractivity contribution in [1.29, 1.82) is 0 Å². The molecular weight excluding hydrogens is 296 g/mol. The van der Waals surface area contributed by atoms with E-state index in [0.29, 0.717) is 0 Å². The molecule has 0 aliphatic carbocycles. The number of para-hydroxylation sites is 1. The van der Waals surface area contributed by atoms with E-state index in [9.17, 15) is 0 Å². The van der Waals surface area contributed by atoms with E-state index in [0.717, 1.165) is 0 Å². The first-order chi connectivity index (χ1) is 6.43. The number of nitrogens with zero attached hydrogens (tertiary/aromatic N) is 1. The molecule has 1 aromatic carbocycles. The van der Waals surface area contributed by atoms with E-state index in [4.69, 9.17) is 0 Å². The number of hydrogen-bond acceptors (Lipinski definition) is 1. The Labute approximate surface area is 93.5 Å². The Kier molecular flexibility index (Phi) is 4.27. The second kappa shape index (κ2) is 4.85. The van der Waals surface area contributed by atoms with Gasteiger partial charge in [0.1, 0.15) is 0 Å². The number of hydrogen-bond donors (Lipinski definition) is 0. The summed E-state index contributed by atoms with van der Waals surface area (Å²) in [6.45, 7) is 4.70. The van der Waals surface area contributed by atoms with Crippen LogP contribution in [0.2, 0.25) is 14.8 Å². The molecule has 0 atom stereocenters. The van der Waals surface area contributed by atoms with Gasteiger partial charge in [-0.1, -0.05) is 0 Å². The Balaban J connectivity index is 3.02. The van der Waals surface area contributed by atoms with Crippen LogP contribution in [0.3, 0.4) is 0 Å². The SMILES string of the molecule is CP(C)[N](c1ccccc1)[Sn]([CH3])([CH3])[CH3]. The summed E-state index contributed by atoms with van der Waals surface area (Å²) in [5.41, 5.74) is 1.42. The van der Waals surface area contributed by atoms with Crippen molar-refractivity contribution >= 4 is 32.4 Å². The van der Waals surface area contributed by atoms with E-state index in [1.807, 2.05) is 0 Å². The van der Waals surface area contributed by atoms with Crippen molar-refractivity contribution in [2.45, 2.75) is 14.8 Å². The van der Waals surface area contributed by atoms with Gasteiger partial charge in [0.2, 0.25) is 0 Å². The first kappa shape index (κ1) is 12.3. The van der Waals surface area contributed by atoms with Crippen molar-refractivity contribution < 1.29 is 0 Å². The third-order valence-corrected chi connectivity index (χ3v) is 14.9. The second-order valence-electron chi connectivity index (χ2n) is 4.67. The van der Waals surface area contributed by atoms with Gasteiger partial charge >= 0.3 is 93.8 Å². The molecule has 0 aliphatic heterocycles. The predicted octanol–water partition coefficient (Wildman–Crippen LogP) is 3.98. The molecule has 0 radical (unpaired) electrons. The van der Waals surface area contributed by atoms with Gasteiger partial charge in [-0.05, 0) is 0 Å². The summed E-state index contributed by atoms with van der Waals surface area (Å²) in [5.74, 6) is 0. The van der Waals surface area contributed by atoms with Gasteiger partial charge in [0.05, 0.1) is 0 Å². The molecule has 1 aromatic rings. The molecule has 0 saturated heterocycles. The Morgan fingerprint density at radius 1 is 1.00 bits per heavy atom. The molecule has 0 aliphatic rings.